The monoisotopic (exact) mass is 448 g/mol. The molecule has 1 atom stereocenters. The van der Waals surface area contributed by atoms with Gasteiger partial charge in [-0.15, -0.1) is 0 Å². The third kappa shape index (κ3) is 14.1. The predicted octanol–water partition coefficient (Wildman–Crippen LogP) is 7.60. The lowest BCUT2D eigenvalue weighted by Gasteiger charge is -2.22. The summed E-state index contributed by atoms with van der Waals surface area (Å²) in [5.41, 5.74) is 0. The van der Waals surface area contributed by atoms with Crippen molar-refractivity contribution in [1.29, 1.82) is 0 Å². The first-order valence-corrected chi connectivity index (χ1v) is 13.9. The Hall–Kier alpha value is -1.16. The fraction of sp³-hybridized carbons (Fsp3) is 0.857. The van der Waals surface area contributed by atoms with Crippen LogP contribution in [0, 0.1) is 0 Å². The van der Waals surface area contributed by atoms with E-state index in [1.54, 1.807) is 4.90 Å². The highest BCUT2D eigenvalue weighted by molar-refractivity contribution is 6.39. The second-order valence-corrected chi connectivity index (χ2v) is 9.59. The zero-order chi connectivity index (χ0) is 23.3. The van der Waals surface area contributed by atoms with Gasteiger partial charge in [-0.25, -0.2) is 0 Å². The molecule has 1 aliphatic heterocycles. The van der Waals surface area contributed by atoms with E-state index in [0.29, 0.717) is 25.3 Å². The molecule has 1 rings (SSSR count). The van der Waals surface area contributed by atoms with Crippen molar-refractivity contribution < 1.29 is 9.90 Å². The fourth-order valence-electron chi connectivity index (χ4n) is 4.57. The van der Waals surface area contributed by atoms with E-state index in [-0.39, 0.29) is 5.78 Å². The molecule has 0 amide bonds. The number of carbonyl (C=O) groups is 1. The van der Waals surface area contributed by atoms with Crippen molar-refractivity contribution >= 4 is 11.6 Å². The molecule has 0 aromatic rings. The van der Waals surface area contributed by atoms with Crippen molar-refractivity contribution in [3.05, 3.63) is 12.7 Å². The van der Waals surface area contributed by atoms with Gasteiger partial charge in [-0.2, -0.15) is 0 Å². The number of Topliss-reactive ketones (excluding diaryl/α,β-unsaturated/α-hetero) is 1. The first-order valence-electron chi connectivity index (χ1n) is 13.9. The second-order valence-electron chi connectivity index (χ2n) is 9.59. The van der Waals surface area contributed by atoms with Crippen LogP contribution >= 0.6 is 0 Å². The molecule has 1 N–H and O–H groups in total. The number of amidine groups is 1. The van der Waals surface area contributed by atoms with Gasteiger partial charge in [-0.1, -0.05) is 129 Å². The van der Waals surface area contributed by atoms with Crippen molar-refractivity contribution in [2.45, 2.75) is 142 Å². The molecule has 1 heterocycles. The molecule has 0 saturated carbocycles. The SMILES string of the molecule is C=CC(O)N1CCN=C1C(=O)CCCCCCCCCCCCCCCCCCCCC. The highest BCUT2D eigenvalue weighted by Gasteiger charge is 2.26. The lowest BCUT2D eigenvalue weighted by Crippen LogP contribution is -2.40. The topological polar surface area (TPSA) is 52.9 Å². The normalized spacial score (nSPS) is 14.6. The van der Waals surface area contributed by atoms with Crippen molar-refractivity contribution in [1.82, 2.24) is 4.90 Å². The molecule has 0 fully saturated rings. The summed E-state index contributed by atoms with van der Waals surface area (Å²) < 4.78 is 0. The summed E-state index contributed by atoms with van der Waals surface area (Å²) in [7, 11) is 0. The number of hydrogen-bond acceptors (Lipinski definition) is 4. The Morgan fingerprint density at radius 3 is 1.66 bits per heavy atom. The van der Waals surface area contributed by atoms with Gasteiger partial charge in [0, 0.05) is 13.0 Å². The van der Waals surface area contributed by atoms with Crippen LogP contribution < -0.4 is 0 Å². The highest BCUT2D eigenvalue weighted by Crippen LogP contribution is 2.15. The summed E-state index contributed by atoms with van der Waals surface area (Å²) in [4.78, 5) is 18.3. The number of aliphatic hydroxyl groups excluding tert-OH is 1. The van der Waals surface area contributed by atoms with Gasteiger partial charge in [0.2, 0.25) is 0 Å². The van der Waals surface area contributed by atoms with Gasteiger partial charge < -0.3 is 10.0 Å². The highest BCUT2D eigenvalue weighted by atomic mass is 16.3. The lowest BCUT2D eigenvalue weighted by atomic mass is 10.0. The standard InChI is InChI=1S/C28H52N2O2/c1-3-5-6-7-8-9-10-11-12-13-14-15-16-17-18-19-20-21-22-23-26(31)28-29-24-25-30(28)27(32)4-2/h4,27,32H,2-3,5-25H2,1H3. The van der Waals surface area contributed by atoms with Gasteiger partial charge in [0.1, 0.15) is 6.23 Å². The minimum Gasteiger partial charge on any atom is -0.370 e. The number of rotatable bonds is 23. The summed E-state index contributed by atoms with van der Waals surface area (Å²) in [6.45, 7) is 7.07. The molecule has 0 spiro atoms. The second kappa shape index (κ2) is 20.4. The third-order valence-electron chi connectivity index (χ3n) is 6.66. The first kappa shape index (κ1) is 28.9. The Balaban J connectivity index is 1.81. The zero-order valence-electron chi connectivity index (χ0n) is 21.2. The molecule has 0 aromatic heterocycles. The van der Waals surface area contributed by atoms with E-state index in [4.69, 9.17) is 0 Å². The van der Waals surface area contributed by atoms with Crippen LogP contribution in [0.5, 0.6) is 0 Å². The first-order chi connectivity index (χ1) is 15.7. The Morgan fingerprint density at radius 2 is 1.25 bits per heavy atom. The molecule has 0 aromatic carbocycles. The van der Waals surface area contributed by atoms with Gasteiger partial charge in [0.15, 0.2) is 11.6 Å². The molecule has 0 radical (unpaired) electrons. The van der Waals surface area contributed by atoms with Crippen molar-refractivity contribution in [3.63, 3.8) is 0 Å². The summed E-state index contributed by atoms with van der Waals surface area (Å²) in [6, 6.07) is 0. The minimum atomic E-state index is -0.801. The smallest absolute Gasteiger partial charge is 0.197 e. The average Bonchev–Trinajstić information content (AvgIpc) is 3.30. The minimum absolute atomic E-state index is 0.0652. The summed E-state index contributed by atoms with van der Waals surface area (Å²) in [5, 5.41) is 9.89. The number of unbranched alkanes of at least 4 members (excludes halogenated alkanes) is 18. The molecule has 4 nitrogen and oxygen atoms in total. The van der Waals surface area contributed by atoms with E-state index < -0.39 is 6.23 Å². The Kier molecular flexibility index (Phi) is 18.4. The van der Waals surface area contributed by atoms with E-state index in [1.165, 1.54) is 115 Å². The number of ketones is 1. The lowest BCUT2D eigenvalue weighted by molar-refractivity contribution is -0.114. The molecule has 1 aliphatic rings. The molecule has 0 aliphatic carbocycles. The molecule has 32 heavy (non-hydrogen) atoms. The van der Waals surface area contributed by atoms with Gasteiger partial charge in [0.25, 0.3) is 0 Å². The maximum Gasteiger partial charge on any atom is 0.197 e. The van der Waals surface area contributed by atoms with Gasteiger partial charge in [0.05, 0.1) is 6.54 Å². The van der Waals surface area contributed by atoms with E-state index in [2.05, 4.69) is 18.5 Å². The van der Waals surface area contributed by atoms with Crippen LogP contribution in [0.2, 0.25) is 0 Å². The van der Waals surface area contributed by atoms with Crippen molar-refractivity contribution in [3.8, 4) is 0 Å². The van der Waals surface area contributed by atoms with Crippen LogP contribution in [0.25, 0.3) is 0 Å². The fourth-order valence-corrected chi connectivity index (χ4v) is 4.57. The molecular formula is C28H52N2O2. The van der Waals surface area contributed by atoms with E-state index in [9.17, 15) is 9.90 Å². The number of aliphatic hydroxyl groups is 1. The number of carbonyl (C=O) groups excluding carboxylic acids is 1. The molecule has 1 unspecified atom stereocenters. The quantitative estimate of drug-likeness (QED) is 0.129. The number of hydrogen-bond donors (Lipinski definition) is 1. The third-order valence-corrected chi connectivity index (χ3v) is 6.66. The van der Waals surface area contributed by atoms with Crippen LogP contribution in [0.4, 0.5) is 0 Å². The predicted molar refractivity (Wildman–Crippen MR) is 138 cm³/mol. The Labute approximate surface area is 199 Å². The molecule has 0 saturated heterocycles. The van der Waals surface area contributed by atoms with Crippen LogP contribution in [0.1, 0.15) is 135 Å². The van der Waals surface area contributed by atoms with Crippen LogP contribution in [-0.4, -0.2) is 40.9 Å². The van der Waals surface area contributed by atoms with Gasteiger partial charge in [-0.05, 0) is 12.5 Å². The molecule has 4 heteroatoms. The van der Waals surface area contributed by atoms with E-state index in [1.807, 2.05) is 0 Å². The van der Waals surface area contributed by atoms with Gasteiger partial charge in [-0.3, -0.25) is 9.79 Å². The summed E-state index contributed by atoms with van der Waals surface area (Å²) in [6.07, 6.45) is 26.9. The maximum absolute atomic E-state index is 12.3. The van der Waals surface area contributed by atoms with Crippen molar-refractivity contribution in [2.75, 3.05) is 13.1 Å². The molecule has 0 bridgehead atoms. The maximum atomic E-state index is 12.3. The number of aliphatic imine (C=N–C) groups is 1. The van der Waals surface area contributed by atoms with Gasteiger partial charge >= 0.3 is 0 Å². The van der Waals surface area contributed by atoms with E-state index >= 15 is 0 Å². The Morgan fingerprint density at radius 1 is 0.844 bits per heavy atom. The number of nitrogens with zero attached hydrogens (tertiary/aromatic N) is 2. The zero-order valence-corrected chi connectivity index (χ0v) is 21.2. The largest absolute Gasteiger partial charge is 0.370 e. The van der Waals surface area contributed by atoms with Crippen molar-refractivity contribution in [2.24, 2.45) is 4.99 Å². The molecule has 186 valence electrons. The van der Waals surface area contributed by atoms with E-state index in [0.717, 1.165) is 12.8 Å². The van der Waals surface area contributed by atoms with Crippen LogP contribution in [-0.2, 0) is 4.79 Å². The van der Waals surface area contributed by atoms with Crippen LogP contribution in [0.15, 0.2) is 17.6 Å². The van der Waals surface area contributed by atoms with Crippen LogP contribution in [0.3, 0.4) is 0 Å². The summed E-state index contributed by atoms with van der Waals surface area (Å²) in [5.74, 6) is 0.509. The Bertz CT molecular complexity index is 504. The molecular weight excluding hydrogens is 396 g/mol. The average molecular weight is 449 g/mol. The summed E-state index contributed by atoms with van der Waals surface area (Å²) >= 11 is 0.